The van der Waals surface area contributed by atoms with Crippen molar-refractivity contribution >= 4 is 45.7 Å². The molecule has 0 atom stereocenters. The topological polar surface area (TPSA) is 88.5 Å². The summed E-state index contributed by atoms with van der Waals surface area (Å²) in [6.45, 7) is 0. The Morgan fingerprint density at radius 1 is 1.07 bits per heavy atom. The lowest BCUT2D eigenvalue weighted by Crippen LogP contribution is -2.18. The van der Waals surface area contributed by atoms with Crippen LogP contribution in [0.15, 0.2) is 65.6 Å². The maximum Gasteiger partial charge on any atom is 0.344 e. The number of hydrogen-bond donors (Lipinski definition) is 2. The van der Waals surface area contributed by atoms with Crippen LogP contribution in [0, 0.1) is 5.41 Å². The van der Waals surface area contributed by atoms with Gasteiger partial charge in [0.15, 0.2) is 16.7 Å². The molecular formula is C22H16N2O4S. The van der Waals surface area contributed by atoms with Crippen LogP contribution in [0.4, 0.5) is 0 Å². The maximum atomic E-state index is 12.9. The number of ether oxygens (including phenoxy) is 2. The van der Waals surface area contributed by atoms with E-state index in [9.17, 15) is 9.59 Å². The lowest BCUT2D eigenvalue weighted by atomic mass is 10.0. The van der Waals surface area contributed by atoms with Gasteiger partial charge in [0, 0.05) is 0 Å². The van der Waals surface area contributed by atoms with Gasteiger partial charge in [0.2, 0.25) is 0 Å². The lowest BCUT2D eigenvalue weighted by molar-refractivity contribution is -0.115. The average molecular weight is 404 g/mol. The van der Waals surface area contributed by atoms with E-state index in [-0.39, 0.29) is 16.8 Å². The fourth-order valence-electron chi connectivity index (χ4n) is 3.01. The molecule has 1 aliphatic heterocycles. The number of amidine groups is 1. The van der Waals surface area contributed by atoms with Gasteiger partial charge in [0.05, 0.1) is 17.6 Å². The fourth-order valence-corrected chi connectivity index (χ4v) is 3.72. The van der Waals surface area contributed by atoms with Gasteiger partial charge in [-0.3, -0.25) is 10.2 Å². The molecular weight excluding hydrogens is 388 g/mol. The minimum absolute atomic E-state index is 0.0809. The van der Waals surface area contributed by atoms with E-state index < -0.39 is 5.97 Å². The van der Waals surface area contributed by atoms with Gasteiger partial charge < -0.3 is 14.8 Å². The second kappa shape index (κ2) is 7.81. The molecule has 0 aliphatic carbocycles. The summed E-state index contributed by atoms with van der Waals surface area (Å²) >= 11 is 1.04. The molecule has 1 heterocycles. The molecule has 29 heavy (non-hydrogen) atoms. The summed E-state index contributed by atoms with van der Waals surface area (Å²) in [7, 11) is 1.49. The van der Waals surface area contributed by atoms with Gasteiger partial charge in [-0.25, -0.2) is 4.79 Å². The maximum absolute atomic E-state index is 12.9. The standard InChI is InChI=1S/C22H16N2O4S/c1-27-17-10-9-13(12-19-20(25)24-22(23)29-19)11-18(17)28-21(26)16-8-4-6-14-5-2-3-7-15(14)16/h2-12H,1H3,(H2,23,24,25). The Kier molecular flexibility index (Phi) is 5.05. The van der Waals surface area contributed by atoms with E-state index in [4.69, 9.17) is 14.9 Å². The number of nitrogens with one attached hydrogen (secondary N) is 2. The Morgan fingerprint density at radius 2 is 1.86 bits per heavy atom. The highest BCUT2D eigenvalue weighted by Gasteiger charge is 2.22. The minimum atomic E-state index is -0.500. The van der Waals surface area contributed by atoms with Crippen LogP contribution in [-0.2, 0) is 4.79 Å². The first-order valence-corrected chi connectivity index (χ1v) is 9.54. The quantitative estimate of drug-likeness (QED) is 0.386. The normalized spacial score (nSPS) is 14.9. The zero-order valence-electron chi connectivity index (χ0n) is 15.4. The Hall–Kier alpha value is -3.58. The van der Waals surface area contributed by atoms with E-state index >= 15 is 0 Å². The summed E-state index contributed by atoms with van der Waals surface area (Å²) in [5, 5.41) is 11.8. The first kappa shape index (κ1) is 18.8. The van der Waals surface area contributed by atoms with Crippen molar-refractivity contribution in [2.24, 2.45) is 0 Å². The molecule has 3 aromatic carbocycles. The highest BCUT2D eigenvalue weighted by molar-refractivity contribution is 8.18. The summed E-state index contributed by atoms with van der Waals surface area (Å²) in [5.74, 6) is -0.181. The molecule has 0 spiro atoms. The molecule has 4 rings (SSSR count). The molecule has 0 aromatic heterocycles. The Labute approximate surface area is 171 Å². The number of methoxy groups -OCH3 is 1. The van der Waals surface area contributed by atoms with E-state index in [1.807, 2.05) is 36.4 Å². The van der Waals surface area contributed by atoms with Gasteiger partial charge in [-0.2, -0.15) is 0 Å². The third-order valence-electron chi connectivity index (χ3n) is 4.36. The molecule has 7 heteroatoms. The number of amides is 1. The molecule has 2 N–H and O–H groups in total. The monoisotopic (exact) mass is 404 g/mol. The van der Waals surface area contributed by atoms with Crippen molar-refractivity contribution in [1.29, 1.82) is 5.41 Å². The van der Waals surface area contributed by atoms with Crippen molar-refractivity contribution < 1.29 is 19.1 Å². The average Bonchev–Trinajstić information content (AvgIpc) is 3.04. The second-order valence-corrected chi connectivity index (χ2v) is 7.27. The molecule has 0 unspecified atom stereocenters. The van der Waals surface area contributed by atoms with E-state index in [1.54, 1.807) is 30.3 Å². The van der Waals surface area contributed by atoms with Crippen molar-refractivity contribution in [3.05, 3.63) is 76.7 Å². The van der Waals surface area contributed by atoms with E-state index in [0.717, 1.165) is 22.5 Å². The van der Waals surface area contributed by atoms with Crippen LogP contribution in [0.3, 0.4) is 0 Å². The van der Waals surface area contributed by atoms with Crippen LogP contribution in [0.1, 0.15) is 15.9 Å². The molecule has 144 valence electrons. The predicted molar refractivity (Wildman–Crippen MR) is 113 cm³/mol. The first-order chi connectivity index (χ1) is 14.0. The third kappa shape index (κ3) is 3.86. The number of fused-ring (bicyclic) bond motifs is 1. The highest BCUT2D eigenvalue weighted by Crippen LogP contribution is 2.32. The Bertz CT molecular complexity index is 1180. The Morgan fingerprint density at radius 3 is 2.62 bits per heavy atom. The number of carbonyl (C=O) groups excluding carboxylic acids is 2. The van der Waals surface area contributed by atoms with E-state index in [1.165, 1.54) is 7.11 Å². The van der Waals surface area contributed by atoms with Crippen molar-refractivity contribution in [2.75, 3.05) is 7.11 Å². The minimum Gasteiger partial charge on any atom is -0.493 e. The van der Waals surface area contributed by atoms with Crippen molar-refractivity contribution in [1.82, 2.24) is 5.32 Å². The number of thioether (sulfide) groups is 1. The molecule has 1 aliphatic rings. The molecule has 1 amide bonds. The fraction of sp³-hybridized carbons (Fsp3) is 0.0455. The first-order valence-electron chi connectivity index (χ1n) is 8.72. The van der Waals surface area contributed by atoms with Gasteiger partial charge in [0.1, 0.15) is 0 Å². The molecule has 0 radical (unpaired) electrons. The predicted octanol–water partition coefficient (Wildman–Crippen LogP) is 4.21. The molecule has 3 aromatic rings. The molecule has 6 nitrogen and oxygen atoms in total. The van der Waals surface area contributed by atoms with Crippen molar-refractivity contribution in [2.45, 2.75) is 0 Å². The van der Waals surface area contributed by atoms with Gasteiger partial charge in [0.25, 0.3) is 5.91 Å². The molecule has 1 fully saturated rings. The molecule has 0 bridgehead atoms. The van der Waals surface area contributed by atoms with Crippen LogP contribution < -0.4 is 14.8 Å². The van der Waals surface area contributed by atoms with Crippen molar-refractivity contribution in [3.63, 3.8) is 0 Å². The molecule has 0 saturated carbocycles. The number of rotatable bonds is 4. The second-order valence-electron chi connectivity index (χ2n) is 6.22. The smallest absolute Gasteiger partial charge is 0.344 e. The van der Waals surface area contributed by atoms with Crippen molar-refractivity contribution in [3.8, 4) is 11.5 Å². The summed E-state index contributed by atoms with van der Waals surface area (Å²) in [5.41, 5.74) is 1.10. The number of benzene rings is 3. The zero-order valence-corrected chi connectivity index (χ0v) is 16.2. The number of esters is 1. The third-order valence-corrected chi connectivity index (χ3v) is 5.19. The van der Waals surface area contributed by atoms with Crippen LogP contribution in [0.5, 0.6) is 11.5 Å². The lowest BCUT2D eigenvalue weighted by Gasteiger charge is -2.11. The largest absolute Gasteiger partial charge is 0.493 e. The van der Waals surface area contributed by atoms with Crippen LogP contribution in [-0.4, -0.2) is 24.2 Å². The summed E-state index contributed by atoms with van der Waals surface area (Å²) in [4.78, 5) is 25.1. The zero-order chi connectivity index (χ0) is 20.4. The van der Waals surface area contributed by atoms with Gasteiger partial charge in [-0.05, 0) is 52.4 Å². The van der Waals surface area contributed by atoms with Crippen LogP contribution >= 0.6 is 11.8 Å². The summed E-state index contributed by atoms with van der Waals surface area (Å²) in [6.07, 6.45) is 1.64. The van der Waals surface area contributed by atoms with Crippen LogP contribution in [0.2, 0.25) is 0 Å². The number of carbonyl (C=O) groups is 2. The summed E-state index contributed by atoms with van der Waals surface area (Å²) in [6, 6.07) is 18.1. The SMILES string of the molecule is COc1ccc(C=C2SC(=N)NC2=O)cc1OC(=O)c1cccc2ccccc12. The summed E-state index contributed by atoms with van der Waals surface area (Å²) < 4.78 is 11.0. The van der Waals surface area contributed by atoms with Gasteiger partial charge in [-0.15, -0.1) is 0 Å². The number of hydrogen-bond acceptors (Lipinski definition) is 6. The van der Waals surface area contributed by atoms with Gasteiger partial charge in [-0.1, -0.05) is 42.5 Å². The molecule has 1 saturated heterocycles. The Balaban J connectivity index is 1.67. The highest BCUT2D eigenvalue weighted by atomic mass is 32.2. The van der Waals surface area contributed by atoms with Gasteiger partial charge >= 0.3 is 5.97 Å². The van der Waals surface area contributed by atoms with E-state index in [0.29, 0.717) is 21.8 Å². The van der Waals surface area contributed by atoms with Crippen LogP contribution in [0.25, 0.3) is 16.8 Å². The van der Waals surface area contributed by atoms with E-state index in [2.05, 4.69) is 5.32 Å².